The Hall–Kier alpha value is -3.47. The first-order valence-electron chi connectivity index (χ1n) is 9.13. The summed E-state index contributed by atoms with van der Waals surface area (Å²) < 4.78 is 15.5. The summed E-state index contributed by atoms with van der Waals surface area (Å²) in [5.41, 5.74) is 4.55. The molecule has 140 valence electrons. The van der Waals surface area contributed by atoms with Crippen LogP contribution in [-0.4, -0.2) is 15.5 Å². The van der Waals surface area contributed by atoms with Crippen molar-refractivity contribution < 1.29 is 9.18 Å². The van der Waals surface area contributed by atoms with Gasteiger partial charge in [-0.25, -0.2) is 9.37 Å². The van der Waals surface area contributed by atoms with Crippen LogP contribution in [0.5, 0.6) is 0 Å². The first kappa shape index (κ1) is 17.9. The molecule has 0 radical (unpaired) electrons. The number of aryl methyl sites for hydroxylation is 1. The number of carbonyl (C=O) groups is 1. The third-order valence-electron chi connectivity index (χ3n) is 4.69. The molecule has 0 saturated carbocycles. The predicted octanol–water partition coefficient (Wildman–Crippen LogP) is 4.46. The minimum atomic E-state index is -0.431. The maximum absolute atomic E-state index is 13.4. The van der Waals surface area contributed by atoms with E-state index in [0.29, 0.717) is 12.1 Å². The van der Waals surface area contributed by atoms with E-state index >= 15 is 0 Å². The molecule has 0 atom stereocenters. The maximum atomic E-state index is 13.4. The standard InChI is InChI=1S/C23H20FN3O/c1-16-9-11-17(12-10-16)15-27-21-8-3-2-7-20(21)26-22(27)14-25-23(28)18-5-4-6-19(24)13-18/h2-13H,14-15H2,1H3,(H,25,28). The Morgan fingerprint density at radius 1 is 1.04 bits per heavy atom. The highest BCUT2D eigenvalue weighted by molar-refractivity contribution is 5.94. The molecule has 0 aliphatic heterocycles. The number of carbonyl (C=O) groups excluding carboxylic acids is 1. The average molecular weight is 373 g/mol. The van der Waals surface area contributed by atoms with Crippen molar-refractivity contribution >= 4 is 16.9 Å². The van der Waals surface area contributed by atoms with E-state index in [1.807, 2.05) is 24.3 Å². The van der Waals surface area contributed by atoms with Gasteiger partial charge in [-0.15, -0.1) is 0 Å². The molecule has 4 rings (SSSR count). The fourth-order valence-corrected chi connectivity index (χ4v) is 3.20. The van der Waals surface area contributed by atoms with Crippen LogP contribution in [0.2, 0.25) is 0 Å². The zero-order chi connectivity index (χ0) is 19.5. The highest BCUT2D eigenvalue weighted by Crippen LogP contribution is 2.18. The molecule has 28 heavy (non-hydrogen) atoms. The lowest BCUT2D eigenvalue weighted by atomic mass is 10.1. The molecule has 0 bridgehead atoms. The molecule has 1 N–H and O–H groups in total. The maximum Gasteiger partial charge on any atom is 0.251 e. The Morgan fingerprint density at radius 2 is 1.82 bits per heavy atom. The van der Waals surface area contributed by atoms with Crippen molar-refractivity contribution in [2.45, 2.75) is 20.0 Å². The Labute approximate surface area is 162 Å². The lowest BCUT2D eigenvalue weighted by Gasteiger charge is -2.11. The molecular weight excluding hydrogens is 353 g/mol. The lowest BCUT2D eigenvalue weighted by molar-refractivity contribution is 0.0949. The second kappa shape index (κ2) is 7.64. The molecule has 1 amide bonds. The zero-order valence-corrected chi connectivity index (χ0v) is 15.5. The molecule has 1 aromatic heterocycles. The number of hydrogen-bond acceptors (Lipinski definition) is 2. The van der Waals surface area contributed by atoms with Crippen LogP contribution < -0.4 is 5.32 Å². The van der Waals surface area contributed by atoms with Crippen LogP contribution in [0.25, 0.3) is 11.0 Å². The van der Waals surface area contributed by atoms with Crippen LogP contribution in [0.1, 0.15) is 27.3 Å². The van der Waals surface area contributed by atoms with Crippen molar-refractivity contribution in [3.8, 4) is 0 Å². The average Bonchev–Trinajstić information content (AvgIpc) is 3.05. The van der Waals surface area contributed by atoms with Gasteiger partial charge in [0.1, 0.15) is 11.6 Å². The van der Waals surface area contributed by atoms with Crippen molar-refractivity contribution in [2.75, 3.05) is 0 Å². The van der Waals surface area contributed by atoms with E-state index in [-0.39, 0.29) is 12.5 Å². The van der Waals surface area contributed by atoms with Gasteiger partial charge in [-0.2, -0.15) is 0 Å². The van der Waals surface area contributed by atoms with E-state index in [2.05, 4.69) is 46.1 Å². The number of imidazole rings is 1. The van der Waals surface area contributed by atoms with Gasteiger partial charge in [0.15, 0.2) is 0 Å². The summed E-state index contributed by atoms with van der Waals surface area (Å²) in [6.07, 6.45) is 0. The van der Waals surface area contributed by atoms with Crippen LogP contribution >= 0.6 is 0 Å². The molecule has 4 aromatic rings. The molecule has 5 heteroatoms. The third kappa shape index (κ3) is 3.78. The highest BCUT2D eigenvalue weighted by Gasteiger charge is 2.13. The molecule has 0 spiro atoms. The van der Waals surface area contributed by atoms with Gasteiger partial charge in [0.25, 0.3) is 5.91 Å². The Kier molecular flexibility index (Phi) is 4.89. The van der Waals surface area contributed by atoms with Crippen molar-refractivity contribution in [2.24, 2.45) is 0 Å². The quantitative estimate of drug-likeness (QED) is 0.561. The summed E-state index contributed by atoms with van der Waals surface area (Å²) in [4.78, 5) is 17.1. The second-order valence-electron chi connectivity index (χ2n) is 6.78. The van der Waals surface area contributed by atoms with Crippen molar-refractivity contribution in [1.29, 1.82) is 0 Å². The van der Waals surface area contributed by atoms with Gasteiger partial charge in [-0.05, 0) is 42.8 Å². The number of aromatic nitrogens is 2. The zero-order valence-electron chi connectivity index (χ0n) is 15.5. The number of fused-ring (bicyclic) bond motifs is 1. The highest BCUT2D eigenvalue weighted by atomic mass is 19.1. The lowest BCUT2D eigenvalue weighted by Crippen LogP contribution is -2.25. The fraction of sp³-hybridized carbons (Fsp3) is 0.130. The van der Waals surface area contributed by atoms with Crippen LogP contribution in [0.15, 0.2) is 72.8 Å². The SMILES string of the molecule is Cc1ccc(Cn2c(CNC(=O)c3cccc(F)c3)nc3ccccc32)cc1. The largest absolute Gasteiger partial charge is 0.345 e. The second-order valence-corrected chi connectivity index (χ2v) is 6.78. The first-order valence-corrected chi connectivity index (χ1v) is 9.13. The number of nitrogens with one attached hydrogen (secondary N) is 1. The topological polar surface area (TPSA) is 46.9 Å². The number of amides is 1. The third-order valence-corrected chi connectivity index (χ3v) is 4.69. The monoisotopic (exact) mass is 373 g/mol. The van der Waals surface area contributed by atoms with E-state index in [9.17, 15) is 9.18 Å². The Bertz CT molecular complexity index is 1130. The van der Waals surface area contributed by atoms with E-state index in [4.69, 9.17) is 0 Å². The normalized spacial score (nSPS) is 10.9. The van der Waals surface area contributed by atoms with Crippen LogP contribution in [-0.2, 0) is 13.1 Å². The fourth-order valence-electron chi connectivity index (χ4n) is 3.20. The minimum absolute atomic E-state index is 0.260. The first-order chi connectivity index (χ1) is 13.6. The van der Waals surface area contributed by atoms with E-state index in [0.717, 1.165) is 22.4 Å². The van der Waals surface area contributed by atoms with Crippen LogP contribution in [0.4, 0.5) is 4.39 Å². The minimum Gasteiger partial charge on any atom is -0.345 e. The van der Waals surface area contributed by atoms with Gasteiger partial charge in [0.05, 0.1) is 17.6 Å². The Balaban J connectivity index is 1.61. The molecular formula is C23H20FN3O. The number of halogens is 1. The van der Waals surface area contributed by atoms with E-state index in [1.165, 1.54) is 23.8 Å². The molecule has 0 fully saturated rings. The summed E-state index contributed by atoms with van der Waals surface area (Å²) >= 11 is 0. The van der Waals surface area contributed by atoms with Crippen molar-refractivity contribution in [3.63, 3.8) is 0 Å². The van der Waals surface area contributed by atoms with Crippen LogP contribution in [0.3, 0.4) is 0 Å². The van der Waals surface area contributed by atoms with Gasteiger partial charge >= 0.3 is 0 Å². The van der Waals surface area contributed by atoms with E-state index in [1.54, 1.807) is 6.07 Å². The molecule has 0 unspecified atom stereocenters. The summed E-state index contributed by atoms with van der Waals surface area (Å²) in [6.45, 7) is 2.98. The number of para-hydroxylation sites is 2. The molecule has 0 aliphatic carbocycles. The molecule has 0 saturated heterocycles. The van der Waals surface area contributed by atoms with Gasteiger partial charge in [0.2, 0.25) is 0 Å². The number of benzene rings is 3. The number of hydrogen-bond donors (Lipinski definition) is 1. The summed E-state index contributed by atoms with van der Waals surface area (Å²) in [6, 6.07) is 21.9. The summed E-state index contributed by atoms with van der Waals surface area (Å²) in [5.74, 6) is -0.000713. The van der Waals surface area contributed by atoms with Gasteiger partial charge in [-0.3, -0.25) is 4.79 Å². The Morgan fingerprint density at radius 3 is 2.61 bits per heavy atom. The number of nitrogens with zero attached hydrogens (tertiary/aromatic N) is 2. The summed E-state index contributed by atoms with van der Waals surface area (Å²) in [7, 11) is 0. The molecule has 4 nitrogen and oxygen atoms in total. The van der Waals surface area contributed by atoms with Gasteiger partial charge < -0.3 is 9.88 Å². The van der Waals surface area contributed by atoms with Crippen molar-refractivity contribution in [3.05, 3.63) is 101 Å². The number of rotatable bonds is 5. The van der Waals surface area contributed by atoms with Gasteiger partial charge in [-0.1, -0.05) is 48.0 Å². The van der Waals surface area contributed by atoms with Gasteiger partial charge in [0, 0.05) is 12.1 Å². The summed E-state index contributed by atoms with van der Waals surface area (Å²) in [5, 5.41) is 2.85. The molecule has 3 aromatic carbocycles. The predicted molar refractivity (Wildman–Crippen MR) is 108 cm³/mol. The molecule has 0 aliphatic rings. The van der Waals surface area contributed by atoms with Crippen LogP contribution in [0, 0.1) is 12.7 Å². The molecule has 1 heterocycles. The van der Waals surface area contributed by atoms with E-state index < -0.39 is 5.82 Å². The smallest absolute Gasteiger partial charge is 0.251 e. The van der Waals surface area contributed by atoms with Crippen molar-refractivity contribution in [1.82, 2.24) is 14.9 Å².